The molecule has 11 nitrogen and oxygen atoms in total. The summed E-state index contributed by atoms with van der Waals surface area (Å²) in [5.74, 6) is -0.603. The van der Waals surface area contributed by atoms with Crippen LogP contribution in [0.25, 0.3) is 26.5 Å². The molecule has 200 valence electrons. The van der Waals surface area contributed by atoms with Gasteiger partial charge in [0.15, 0.2) is 0 Å². The van der Waals surface area contributed by atoms with Crippen LogP contribution in [0.5, 0.6) is 0 Å². The molecule has 1 aliphatic heterocycles. The van der Waals surface area contributed by atoms with Crippen molar-refractivity contribution in [2.24, 2.45) is 5.73 Å². The number of carbonyl (C=O) groups is 2. The molecule has 0 saturated carbocycles. The van der Waals surface area contributed by atoms with Crippen molar-refractivity contribution in [2.45, 2.75) is 39.2 Å². The Morgan fingerprint density at radius 3 is 2.66 bits per heavy atom. The third-order valence-corrected chi connectivity index (χ3v) is 7.95. The highest BCUT2D eigenvalue weighted by Crippen LogP contribution is 2.41. The van der Waals surface area contributed by atoms with Crippen molar-refractivity contribution in [2.75, 3.05) is 38.7 Å². The van der Waals surface area contributed by atoms with Crippen molar-refractivity contribution >= 4 is 33.7 Å². The number of nitrogens with zero attached hydrogens (tertiary/aromatic N) is 6. The number of hydrogen-bond acceptors (Lipinski definition) is 8. The lowest BCUT2D eigenvalue weighted by molar-refractivity contribution is -0.117. The molecule has 0 bridgehead atoms. The lowest BCUT2D eigenvalue weighted by Gasteiger charge is -2.19. The number of aryl methyl sites for hydroxylation is 1. The molecule has 38 heavy (non-hydrogen) atoms. The van der Waals surface area contributed by atoms with Gasteiger partial charge < -0.3 is 15.8 Å². The van der Waals surface area contributed by atoms with Crippen LogP contribution in [0.4, 0.5) is 5.69 Å². The highest BCUT2D eigenvalue weighted by molar-refractivity contribution is 7.21. The number of nitrogens with two attached hydrogens (primary N) is 1. The summed E-state index contributed by atoms with van der Waals surface area (Å²) < 4.78 is 8.71. The number of methoxy groups -OCH3 is 1. The van der Waals surface area contributed by atoms with E-state index >= 15 is 0 Å². The molecule has 5 heterocycles. The van der Waals surface area contributed by atoms with Crippen LogP contribution in [-0.4, -0.2) is 74.4 Å². The van der Waals surface area contributed by atoms with Gasteiger partial charge in [-0.1, -0.05) is 12.8 Å². The Labute approximate surface area is 224 Å². The molecular weight excluding hydrogens is 504 g/mol. The molecule has 12 heteroatoms. The fourth-order valence-electron chi connectivity index (χ4n) is 4.76. The van der Waals surface area contributed by atoms with Crippen LogP contribution in [0.3, 0.4) is 0 Å². The first-order valence-electron chi connectivity index (χ1n) is 12.8. The summed E-state index contributed by atoms with van der Waals surface area (Å²) in [4.78, 5) is 33.3. The molecule has 1 fully saturated rings. The average molecular weight is 537 g/mol. The Bertz CT molecular complexity index is 1450. The maximum absolute atomic E-state index is 12.9. The summed E-state index contributed by atoms with van der Waals surface area (Å²) >= 11 is 1.42. The van der Waals surface area contributed by atoms with Crippen LogP contribution in [0.2, 0.25) is 0 Å². The highest BCUT2D eigenvalue weighted by atomic mass is 32.1. The molecule has 0 atom stereocenters. The Balaban J connectivity index is 1.51. The molecule has 1 aliphatic rings. The van der Waals surface area contributed by atoms with Crippen LogP contribution in [0.15, 0.2) is 30.9 Å². The van der Waals surface area contributed by atoms with Crippen LogP contribution in [0, 0.1) is 6.92 Å². The monoisotopic (exact) mass is 536 g/mol. The number of fused-ring (bicyclic) bond motifs is 1. The Morgan fingerprint density at radius 1 is 1.13 bits per heavy atom. The number of carbonyl (C=O) groups excluding carboxylic acids is 2. The highest BCUT2D eigenvalue weighted by Gasteiger charge is 2.24. The number of hydrogen-bond donors (Lipinski definition) is 2. The van der Waals surface area contributed by atoms with E-state index in [2.05, 4.69) is 25.4 Å². The van der Waals surface area contributed by atoms with Crippen molar-refractivity contribution < 1.29 is 14.3 Å². The standard InChI is InChI=1S/C26H32N8O3S/c1-17-20(11-19(13-28-17)31-22(35)16-32-7-5-3-4-6-8-32)23-24(18-12-29-33(15-18)9-10-37-2)38-26-21(25(27)36)14-30-34(23)26/h11-15H,3-10,16H2,1-2H3,(H2,27,36)(H,31,35). The average Bonchev–Trinajstić information content (AvgIpc) is 3.55. The molecule has 3 N–H and O–H groups in total. The van der Waals surface area contributed by atoms with Gasteiger partial charge in [-0.05, 0) is 38.9 Å². The maximum atomic E-state index is 12.9. The number of primary amides is 1. The van der Waals surface area contributed by atoms with Crippen molar-refractivity contribution in [3.8, 4) is 21.7 Å². The van der Waals surface area contributed by atoms with Gasteiger partial charge in [0.05, 0.1) is 60.1 Å². The van der Waals surface area contributed by atoms with Crippen LogP contribution >= 0.6 is 11.3 Å². The van der Waals surface area contributed by atoms with Crippen LogP contribution < -0.4 is 11.1 Å². The molecule has 0 spiro atoms. The van der Waals surface area contributed by atoms with E-state index < -0.39 is 5.91 Å². The van der Waals surface area contributed by atoms with E-state index in [4.69, 9.17) is 10.5 Å². The molecule has 4 aromatic heterocycles. The second-order valence-electron chi connectivity index (χ2n) is 9.50. The number of rotatable bonds is 9. The zero-order valence-electron chi connectivity index (χ0n) is 21.6. The molecule has 0 aromatic carbocycles. The number of aromatic nitrogens is 5. The van der Waals surface area contributed by atoms with Gasteiger partial charge in [0.1, 0.15) is 4.83 Å². The number of amides is 2. The van der Waals surface area contributed by atoms with Gasteiger partial charge in [0.2, 0.25) is 5.91 Å². The van der Waals surface area contributed by atoms with Gasteiger partial charge in [0.25, 0.3) is 5.91 Å². The summed E-state index contributed by atoms with van der Waals surface area (Å²) in [5.41, 5.74) is 9.78. The van der Waals surface area contributed by atoms with Crippen molar-refractivity contribution in [3.63, 3.8) is 0 Å². The van der Waals surface area contributed by atoms with Crippen molar-refractivity contribution in [3.05, 3.63) is 42.1 Å². The Morgan fingerprint density at radius 2 is 1.92 bits per heavy atom. The Hall–Kier alpha value is -3.61. The molecule has 1 saturated heterocycles. The van der Waals surface area contributed by atoms with Gasteiger partial charge >= 0.3 is 0 Å². The lowest BCUT2D eigenvalue weighted by Crippen LogP contribution is -2.33. The number of likely N-dealkylation sites (tertiary alicyclic amines) is 1. The Kier molecular flexibility index (Phi) is 7.82. The number of ether oxygens (including phenoxy) is 1. The van der Waals surface area contributed by atoms with Crippen molar-refractivity contribution in [1.29, 1.82) is 0 Å². The van der Waals surface area contributed by atoms with E-state index in [0.717, 1.165) is 53.3 Å². The summed E-state index contributed by atoms with van der Waals surface area (Å²) in [5, 5.41) is 12.0. The SMILES string of the molecule is COCCn1cc(-c2sc3c(C(N)=O)cnn3c2-c2cc(NC(=O)CN3CCCCCC3)cnc2C)cn1. The largest absolute Gasteiger partial charge is 0.383 e. The minimum absolute atomic E-state index is 0.0614. The number of pyridine rings is 1. The molecule has 4 aromatic rings. The second-order valence-corrected chi connectivity index (χ2v) is 10.5. The fourth-order valence-corrected chi connectivity index (χ4v) is 5.96. The maximum Gasteiger partial charge on any atom is 0.253 e. The predicted octanol–water partition coefficient (Wildman–Crippen LogP) is 3.19. The zero-order valence-corrected chi connectivity index (χ0v) is 22.5. The number of anilines is 1. The summed E-state index contributed by atoms with van der Waals surface area (Å²) in [6.07, 6.45) is 11.6. The fraction of sp³-hybridized carbons (Fsp3) is 0.423. The lowest BCUT2D eigenvalue weighted by atomic mass is 10.1. The third-order valence-electron chi connectivity index (χ3n) is 6.73. The van der Waals surface area contributed by atoms with Gasteiger partial charge in [-0.3, -0.25) is 24.2 Å². The van der Waals surface area contributed by atoms with Crippen LogP contribution in [-0.2, 0) is 16.1 Å². The summed E-state index contributed by atoms with van der Waals surface area (Å²) in [6, 6.07) is 1.91. The first-order valence-corrected chi connectivity index (χ1v) is 13.6. The molecule has 5 rings (SSSR count). The van der Waals surface area contributed by atoms with Gasteiger partial charge in [-0.2, -0.15) is 10.2 Å². The smallest absolute Gasteiger partial charge is 0.253 e. The third kappa shape index (κ3) is 5.47. The van der Waals surface area contributed by atoms with E-state index in [1.165, 1.54) is 30.4 Å². The normalized spacial score (nSPS) is 14.6. The van der Waals surface area contributed by atoms with Crippen LogP contribution in [0.1, 0.15) is 41.7 Å². The topological polar surface area (TPSA) is 133 Å². The first-order chi connectivity index (χ1) is 18.4. The zero-order chi connectivity index (χ0) is 26.6. The van der Waals surface area contributed by atoms with E-state index in [1.54, 1.807) is 24.0 Å². The van der Waals surface area contributed by atoms with Crippen molar-refractivity contribution in [1.82, 2.24) is 29.3 Å². The number of nitrogens with one attached hydrogen (secondary N) is 1. The van der Waals surface area contributed by atoms with E-state index in [-0.39, 0.29) is 5.91 Å². The molecule has 0 radical (unpaired) electrons. The summed E-state index contributed by atoms with van der Waals surface area (Å²) in [6.45, 7) is 5.31. The molecule has 0 aliphatic carbocycles. The van der Waals surface area contributed by atoms with Gasteiger partial charge in [-0.15, -0.1) is 11.3 Å². The van der Waals surface area contributed by atoms with E-state index in [9.17, 15) is 9.59 Å². The van der Waals surface area contributed by atoms with Gasteiger partial charge in [0, 0.05) is 30.1 Å². The number of thiazole rings is 1. The minimum atomic E-state index is -0.542. The molecule has 2 amide bonds. The summed E-state index contributed by atoms with van der Waals surface area (Å²) in [7, 11) is 1.65. The minimum Gasteiger partial charge on any atom is -0.383 e. The first kappa shape index (κ1) is 26.0. The van der Waals surface area contributed by atoms with E-state index in [0.29, 0.717) is 35.8 Å². The molecular formula is C26H32N8O3S. The predicted molar refractivity (Wildman–Crippen MR) is 146 cm³/mol. The van der Waals surface area contributed by atoms with Gasteiger partial charge in [-0.25, -0.2) is 4.52 Å². The second kappa shape index (κ2) is 11.4. The molecule has 0 unspecified atom stereocenters. The van der Waals surface area contributed by atoms with E-state index in [1.807, 2.05) is 23.9 Å². The quantitative estimate of drug-likeness (QED) is 0.336.